The van der Waals surface area contributed by atoms with Gasteiger partial charge in [0.2, 0.25) is 0 Å². The Bertz CT molecular complexity index is 1010. The maximum absolute atomic E-state index is 13.7. The molecule has 1 N–H and O–H groups in total. The number of halogens is 1. The minimum atomic E-state index is -3.89. The van der Waals surface area contributed by atoms with Gasteiger partial charge in [0.15, 0.2) is 0 Å². The van der Waals surface area contributed by atoms with E-state index in [0.717, 1.165) is 17.5 Å². The fraction of sp³-hybridized carbons (Fsp3) is 0.263. The molecular weight excluding hydrogens is 341 g/mol. The second kappa shape index (κ2) is 6.98. The predicted octanol–water partition coefficient (Wildman–Crippen LogP) is 4.79. The van der Waals surface area contributed by atoms with E-state index in [4.69, 9.17) is 4.18 Å². The zero-order chi connectivity index (χ0) is 18.0. The van der Waals surface area contributed by atoms with Crippen molar-refractivity contribution >= 4 is 21.0 Å². The van der Waals surface area contributed by atoms with Gasteiger partial charge in [-0.05, 0) is 43.7 Å². The topological polar surface area (TPSA) is 59.2 Å². The molecule has 0 aliphatic carbocycles. The van der Waals surface area contributed by atoms with E-state index >= 15 is 0 Å². The molecule has 0 aliphatic heterocycles. The van der Waals surface area contributed by atoms with Gasteiger partial charge in [-0.3, -0.25) is 4.18 Å². The van der Waals surface area contributed by atoms with E-state index in [9.17, 15) is 12.8 Å². The number of aromatic nitrogens is 1. The van der Waals surface area contributed by atoms with Gasteiger partial charge in [-0.1, -0.05) is 25.0 Å². The summed E-state index contributed by atoms with van der Waals surface area (Å²) in [7, 11) is -3.89. The molecule has 0 amide bonds. The molecule has 0 bridgehead atoms. The molecule has 3 rings (SSSR count). The Morgan fingerprint density at radius 2 is 1.92 bits per heavy atom. The number of unbranched alkanes of at least 4 members (excludes halogenated alkanes) is 1. The lowest BCUT2D eigenvalue weighted by Gasteiger charge is -2.11. The molecule has 0 saturated carbocycles. The van der Waals surface area contributed by atoms with Crippen LogP contribution in [0.2, 0.25) is 0 Å². The van der Waals surface area contributed by atoms with Gasteiger partial charge in [0, 0.05) is 28.2 Å². The molecule has 0 radical (unpaired) electrons. The maximum atomic E-state index is 13.7. The molecule has 3 aromatic rings. The van der Waals surface area contributed by atoms with Crippen molar-refractivity contribution < 1.29 is 17.0 Å². The van der Waals surface area contributed by atoms with Crippen LogP contribution in [0, 0.1) is 12.7 Å². The summed E-state index contributed by atoms with van der Waals surface area (Å²) >= 11 is 0. The van der Waals surface area contributed by atoms with Gasteiger partial charge >= 0.3 is 0 Å². The van der Waals surface area contributed by atoms with Crippen LogP contribution in [0.4, 0.5) is 4.39 Å². The van der Waals surface area contributed by atoms with Gasteiger partial charge in [0.25, 0.3) is 10.1 Å². The van der Waals surface area contributed by atoms with Crippen molar-refractivity contribution in [2.24, 2.45) is 0 Å². The second-order valence-electron chi connectivity index (χ2n) is 6.02. The third-order valence-electron chi connectivity index (χ3n) is 4.07. The molecule has 132 valence electrons. The minimum absolute atomic E-state index is 0.0966. The summed E-state index contributed by atoms with van der Waals surface area (Å²) < 4.78 is 44.1. The standard InChI is InChI=1S/C19H20FNO3S/c1-3-4-9-24-25(22,23)19-8-5-13(2)10-16(19)17-12-21-18-7-6-14(20)11-15(17)18/h5-8,10-12,21H,3-4,9H2,1-2H3. The van der Waals surface area contributed by atoms with Gasteiger partial charge in [-0.15, -0.1) is 0 Å². The van der Waals surface area contributed by atoms with Gasteiger partial charge in [-0.2, -0.15) is 8.42 Å². The SMILES string of the molecule is CCCCOS(=O)(=O)c1ccc(C)cc1-c1c[nH]c2ccc(F)cc12. The third-order valence-corrected chi connectivity index (χ3v) is 5.45. The molecule has 0 spiro atoms. The van der Waals surface area contributed by atoms with Crippen LogP contribution in [0.15, 0.2) is 47.5 Å². The van der Waals surface area contributed by atoms with Crippen LogP contribution in [0.1, 0.15) is 25.3 Å². The Labute approximate surface area is 146 Å². The maximum Gasteiger partial charge on any atom is 0.297 e. The third kappa shape index (κ3) is 3.60. The van der Waals surface area contributed by atoms with Crippen molar-refractivity contribution in [1.29, 1.82) is 0 Å². The molecule has 1 aromatic heterocycles. The Hall–Kier alpha value is -2.18. The predicted molar refractivity (Wildman–Crippen MR) is 96.5 cm³/mol. The molecular formula is C19H20FNO3S. The summed E-state index contributed by atoms with van der Waals surface area (Å²) in [6, 6.07) is 9.46. The highest BCUT2D eigenvalue weighted by Crippen LogP contribution is 2.35. The number of hydrogen-bond donors (Lipinski definition) is 1. The van der Waals surface area contributed by atoms with Crippen molar-refractivity contribution in [3.05, 3.63) is 54.0 Å². The normalized spacial score (nSPS) is 12.0. The van der Waals surface area contributed by atoms with E-state index in [2.05, 4.69) is 4.98 Å². The van der Waals surface area contributed by atoms with Crippen molar-refractivity contribution in [3.63, 3.8) is 0 Å². The summed E-state index contributed by atoms with van der Waals surface area (Å²) in [5, 5.41) is 0.635. The average molecular weight is 361 g/mol. The van der Waals surface area contributed by atoms with Crippen LogP contribution in [0.25, 0.3) is 22.0 Å². The summed E-state index contributed by atoms with van der Waals surface area (Å²) in [5.41, 5.74) is 2.80. The fourth-order valence-electron chi connectivity index (χ4n) is 2.76. The van der Waals surface area contributed by atoms with Gasteiger partial charge in [-0.25, -0.2) is 4.39 Å². The Balaban J connectivity index is 2.15. The zero-order valence-corrected chi connectivity index (χ0v) is 15.0. The number of aryl methyl sites for hydroxylation is 1. The molecule has 25 heavy (non-hydrogen) atoms. The molecule has 1 heterocycles. The lowest BCUT2D eigenvalue weighted by molar-refractivity contribution is 0.311. The molecule has 0 aliphatic rings. The molecule has 0 saturated heterocycles. The monoisotopic (exact) mass is 361 g/mol. The zero-order valence-electron chi connectivity index (χ0n) is 14.2. The first-order valence-electron chi connectivity index (χ1n) is 8.19. The van der Waals surface area contributed by atoms with Gasteiger partial charge < -0.3 is 4.98 Å². The first kappa shape index (κ1) is 17.6. The van der Waals surface area contributed by atoms with Crippen molar-refractivity contribution in [3.8, 4) is 11.1 Å². The van der Waals surface area contributed by atoms with E-state index in [0.29, 0.717) is 22.9 Å². The quantitative estimate of drug-likeness (QED) is 0.507. The van der Waals surface area contributed by atoms with Crippen LogP contribution in [-0.2, 0) is 14.3 Å². The van der Waals surface area contributed by atoms with Crippen LogP contribution in [0.5, 0.6) is 0 Å². The highest BCUT2D eigenvalue weighted by molar-refractivity contribution is 7.87. The van der Waals surface area contributed by atoms with Crippen LogP contribution >= 0.6 is 0 Å². The minimum Gasteiger partial charge on any atom is -0.361 e. The largest absolute Gasteiger partial charge is 0.361 e. The Kier molecular flexibility index (Phi) is 4.92. The number of aromatic amines is 1. The smallest absolute Gasteiger partial charge is 0.297 e. The van der Waals surface area contributed by atoms with Crippen molar-refractivity contribution in [2.45, 2.75) is 31.6 Å². The fourth-order valence-corrected chi connectivity index (χ4v) is 3.90. The number of nitrogens with one attached hydrogen (secondary N) is 1. The van der Waals surface area contributed by atoms with E-state index < -0.39 is 10.1 Å². The summed E-state index contributed by atoms with van der Waals surface area (Å²) in [4.78, 5) is 3.16. The Morgan fingerprint density at radius 1 is 1.12 bits per heavy atom. The van der Waals surface area contributed by atoms with E-state index in [-0.39, 0.29) is 17.3 Å². The van der Waals surface area contributed by atoms with Crippen molar-refractivity contribution in [2.75, 3.05) is 6.61 Å². The van der Waals surface area contributed by atoms with Crippen LogP contribution < -0.4 is 0 Å². The lowest BCUT2D eigenvalue weighted by Crippen LogP contribution is -2.09. The highest BCUT2D eigenvalue weighted by Gasteiger charge is 2.22. The highest BCUT2D eigenvalue weighted by atomic mass is 32.2. The lowest BCUT2D eigenvalue weighted by atomic mass is 10.0. The van der Waals surface area contributed by atoms with Crippen LogP contribution in [-0.4, -0.2) is 20.0 Å². The second-order valence-corrected chi connectivity index (χ2v) is 7.61. The first-order valence-corrected chi connectivity index (χ1v) is 9.60. The Morgan fingerprint density at radius 3 is 2.68 bits per heavy atom. The molecule has 2 aromatic carbocycles. The number of hydrogen-bond acceptors (Lipinski definition) is 3. The molecule has 0 atom stereocenters. The molecule has 0 unspecified atom stereocenters. The number of fused-ring (bicyclic) bond motifs is 1. The number of benzene rings is 2. The van der Waals surface area contributed by atoms with Gasteiger partial charge in [0.05, 0.1) is 6.61 Å². The molecule has 6 heteroatoms. The summed E-state index contributed by atoms with van der Waals surface area (Å²) in [6.07, 6.45) is 3.21. The molecule has 0 fully saturated rings. The van der Waals surface area contributed by atoms with E-state index in [1.54, 1.807) is 30.5 Å². The summed E-state index contributed by atoms with van der Waals surface area (Å²) in [5.74, 6) is -0.371. The number of H-pyrrole nitrogens is 1. The van der Waals surface area contributed by atoms with E-state index in [1.807, 2.05) is 13.8 Å². The van der Waals surface area contributed by atoms with Gasteiger partial charge in [0.1, 0.15) is 10.7 Å². The number of rotatable bonds is 6. The average Bonchev–Trinajstić information content (AvgIpc) is 2.97. The summed E-state index contributed by atoms with van der Waals surface area (Å²) in [6.45, 7) is 4.00. The van der Waals surface area contributed by atoms with Crippen molar-refractivity contribution in [1.82, 2.24) is 4.98 Å². The van der Waals surface area contributed by atoms with Crippen LogP contribution in [0.3, 0.4) is 0 Å². The first-order chi connectivity index (χ1) is 11.9. The molecule has 4 nitrogen and oxygen atoms in total. The van der Waals surface area contributed by atoms with E-state index in [1.165, 1.54) is 12.1 Å².